The average molecular weight is 220 g/mol. The lowest BCUT2D eigenvalue weighted by molar-refractivity contribution is -0.142. The minimum atomic E-state index is -0.785. The SMILES string of the molecule is COC(=O)CC(O)/C(C)=C/c1ccccc1. The molecule has 1 aromatic carbocycles. The number of carbonyl (C=O) groups excluding carboxylic acids is 1. The molecule has 0 aliphatic carbocycles. The number of carbonyl (C=O) groups is 1. The van der Waals surface area contributed by atoms with Crippen molar-refractivity contribution in [1.82, 2.24) is 0 Å². The molecule has 0 heterocycles. The number of hydrogen-bond donors (Lipinski definition) is 1. The predicted molar refractivity (Wildman–Crippen MR) is 62.7 cm³/mol. The number of aliphatic hydroxyl groups is 1. The fraction of sp³-hybridized carbons (Fsp3) is 0.308. The summed E-state index contributed by atoms with van der Waals surface area (Å²) in [6, 6.07) is 9.65. The largest absolute Gasteiger partial charge is 0.469 e. The Morgan fingerprint density at radius 2 is 2.06 bits per heavy atom. The van der Waals surface area contributed by atoms with Gasteiger partial charge in [-0.3, -0.25) is 4.79 Å². The van der Waals surface area contributed by atoms with E-state index in [-0.39, 0.29) is 6.42 Å². The summed E-state index contributed by atoms with van der Waals surface area (Å²) >= 11 is 0. The summed E-state index contributed by atoms with van der Waals surface area (Å²) in [5, 5.41) is 9.71. The lowest BCUT2D eigenvalue weighted by atomic mass is 10.1. The van der Waals surface area contributed by atoms with E-state index < -0.39 is 12.1 Å². The Morgan fingerprint density at radius 3 is 2.62 bits per heavy atom. The van der Waals surface area contributed by atoms with Crippen molar-refractivity contribution in [2.75, 3.05) is 7.11 Å². The van der Waals surface area contributed by atoms with Crippen molar-refractivity contribution < 1.29 is 14.6 Å². The summed E-state index contributed by atoms with van der Waals surface area (Å²) in [4.78, 5) is 11.0. The summed E-state index contributed by atoms with van der Waals surface area (Å²) in [6.45, 7) is 1.79. The van der Waals surface area contributed by atoms with Crippen LogP contribution in [-0.4, -0.2) is 24.3 Å². The second-order valence-electron chi connectivity index (χ2n) is 3.60. The number of methoxy groups -OCH3 is 1. The standard InChI is InChI=1S/C13H16O3/c1-10(12(14)9-13(15)16-2)8-11-6-4-3-5-7-11/h3-8,12,14H,9H2,1-2H3/b10-8+. The van der Waals surface area contributed by atoms with Gasteiger partial charge in [0, 0.05) is 0 Å². The summed E-state index contributed by atoms with van der Waals surface area (Å²) in [5.41, 5.74) is 1.75. The predicted octanol–water partition coefficient (Wildman–Crippen LogP) is 2.01. The summed E-state index contributed by atoms with van der Waals surface area (Å²) in [6.07, 6.45) is 1.06. The maximum atomic E-state index is 11.0. The van der Waals surface area contributed by atoms with Crippen LogP contribution in [0.1, 0.15) is 18.9 Å². The van der Waals surface area contributed by atoms with Crippen LogP contribution in [0.3, 0.4) is 0 Å². The number of esters is 1. The number of hydrogen-bond acceptors (Lipinski definition) is 3. The van der Waals surface area contributed by atoms with Crippen molar-refractivity contribution in [2.24, 2.45) is 0 Å². The van der Waals surface area contributed by atoms with Gasteiger partial charge in [-0.1, -0.05) is 36.4 Å². The third-order valence-corrected chi connectivity index (χ3v) is 2.31. The van der Waals surface area contributed by atoms with Crippen LogP contribution in [0.2, 0.25) is 0 Å². The topological polar surface area (TPSA) is 46.5 Å². The average Bonchev–Trinajstić information content (AvgIpc) is 2.30. The first-order chi connectivity index (χ1) is 7.63. The zero-order chi connectivity index (χ0) is 12.0. The van der Waals surface area contributed by atoms with E-state index in [4.69, 9.17) is 0 Å². The summed E-state index contributed by atoms with van der Waals surface area (Å²) < 4.78 is 4.50. The van der Waals surface area contributed by atoms with Crippen LogP contribution in [0.15, 0.2) is 35.9 Å². The van der Waals surface area contributed by atoms with Gasteiger partial charge in [-0.25, -0.2) is 0 Å². The third kappa shape index (κ3) is 3.87. The smallest absolute Gasteiger partial charge is 0.308 e. The lowest BCUT2D eigenvalue weighted by Gasteiger charge is -2.09. The van der Waals surface area contributed by atoms with Crippen molar-refractivity contribution in [3.63, 3.8) is 0 Å². The Morgan fingerprint density at radius 1 is 1.44 bits per heavy atom. The Kier molecular flexibility index (Phi) is 4.73. The molecule has 1 aromatic rings. The highest BCUT2D eigenvalue weighted by Crippen LogP contribution is 2.12. The van der Waals surface area contributed by atoms with E-state index in [1.165, 1.54) is 7.11 Å². The molecule has 1 unspecified atom stereocenters. The fourth-order valence-electron chi connectivity index (χ4n) is 1.31. The minimum absolute atomic E-state index is 0.00827. The van der Waals surface area contributed by atoms with Gasteiger partial charge in [0.2, 0.25) is 0 Å². The number of ether oxygens (including phenoxy) is 1. The van der Waals surface area contributed by atoms with Gasteiger partial charge in [0.05, 0.1) is 19.6 Å². The quantitative estimate of drug-likeness (QED) is 0.789. The monoisotopic (exact) mass is 220 g/mol. The molecule has 3 nitrogen and oxygen atoms in total. The van der Waals surface area contributed by atoms with Gasteiger partial charge in [0.25, 0.3) is 0 Å². The molecule has 86 valence electrons. The van der Waals surface area contributed by atoms with E-state index in [0.29, 0.717) is 0 Å². The third-order valence-electron chi connectivity index (χ3n) is 2.31. The van der Waals surface area contributed by atoms with E-state index in [1.54, 1.807) is 6.92 Å². The van der Waals surface area contributed by atoms with Crippen molar-refractivity contribution >= 4 is 12.0 Å². The van der Waals surface area contributed by atoms with Crippen LogP contribution in [0, 0.1) is 0 Å². The summed E-state index contributed by atoms with van der Waals surface area (Å²) in [5.74, 6) is -0.409. The zero-order valence-electron chi connectivity index (χ0n) is 9.51. The molecule has 0 fully saturated rings. The first-order valence-electron chi connectivity index (χ1n) is 5.11. The van der Waals surface area contributed by atoms with Crippen LogP contribution < -0.4 is 0 Å². The van der Waals surface area contributed by atoms with Crippen molar-refractivity contribution in [3.8, 4) is 0 Å². The number of rotatable bonds is 4. The van der Waals surface area contributed by atoms with E-state index in [1.807, 2.05) is 36.4 Å². The maximum Gasteiger partial charge on any atom is 0.308 e. The molecule has 1 atom stereocenters. The fourth-order valence-corrected chi connectivity index (χ4v) is 1.31. The second-order valence-corrected chi connectivity index (χ2v) is 3.60. The highest BCUT2D eigenvalue weighted by Gasteiger charge is 2.12. The van der Waals surface area contributed by atoms with Crippen LogP contribution in [0.25, 0.3) is 6.08 Å². The Hall–Kier alpha value is -1.61. The maximum absolute atomic E-state index is 11.0. The van der Waals surface area contributed by atoms with Gasteiger partial charge < -0.3 is 9.84 Å². The molecule has 0 saturated carbocycles. The Balaban J connectivity index is 2.66. The minimum Gasteiger partial charge on any atom is -0.469 e. The van der Waals surface area contributed by atoms with Crippen molar-refractivity contribution in [2.45, 2.75) is 19.4 Å². The molecule has 0 amide bonds. The summed E-state index contributed by atoms with van der Waals surface area (Å²) in [7, 11) is 1.31. The highest BCUT2D eigenvalue weighted by atomic mass is 16.5. The molecule has 0 aliphatic heterocycles. The van der Waals surface area contributed by atoms with Crippen LogP contribution in [0.5, 0.6) is 0 Å². The van der Waals surface area contributed by atoms with E-state index in [0.717, 1.165) is 11.1 Å². The van der Waals surface area contributed by atoms with Gasteiger partial charge in [-0.2, -0.15) is 0 Å². The van der Waals surface area contributed by atoms with Gasteiger partial charge in [-0.05, 0) is 18.1 Å². The molecule has 1 rings (SSSR count). The molecule has 0 spiro atoms. The second kappa shape index (κ2) is 6.08. The number of aliphatic hydroxyl groups excluding tert-OH is 1. The van der Waals surface area contributed by atoms with Gasteiger partial charge in [0.1, 0.15) is 0 Å². The van der Waals surface area contributed by atoms with Crippen LogP contribution in [-0.2, 0) is 9.53 Å². The van der Waals surface area contributed by atoms with Gasteiger partial charge in [-0.15, -0.1) is 0 Å². The highest BCUT2D eigenvalue weighted by molar-refractivity contribution is 5.70. The van der Waals surface area contributed by atoms with Crippen LogP contribution >= 0.6 is 0 Å². The molecule has 0 bridgehead atoms. The van der Waals surface area contributed by atoms with Gasteiger partial charge >= 0.3 is 5.97 Å². The van der Waals surface area contributed by atoms with Gasteiger partial charge in [0.15, 0.2) is 0 Å². The molecule has 3 heteroatoms. The van der Waals surface area contributed by atoms with E-state index >= 15 is 0 Å². The Labute approximate surface area is 95.4 Å². The molecule has 0 saturated heterocycles. The van der Waals surface area contributed by atoms with Crippen molar-refractivity contribution in [3.05, 3.63) is 41.5 Å². The molecule has 1 N–H and O–H groups in total. The van der Waals surface area contributed by atoms with Crippen molar-refractivity contribution in [1.29, 1.82) is 0 Å². The van der Waals surface area contributed by atoms with E-state index in [2.05, 4.69) is 4.74 Å². The Bertz CT molecular complexity index is 368. The van der Waals surface area contributed by atoms with Crippen LogP contribution in [0.4, 0.5) is 0 Å². The normalized spacial score (nSPS) is 13.3. The molecular weight excluding hydrogens is 204 g/mol. The molecule has 0 aromatic heterocycles. The number of benzene rings is 1. The molecular formula is C13H16O3. The molecule has 0 radical (unpaired) electrons. The first kappa shape index (κ1) is 12.5. The zero-order valence-corrected chi connectivity index (χ0v) is 9.51. The van der Waals surface area contributed by atoms with E-state index in [9.17, 15) is 9.90 Å². The molecule has 0 aliphatic rings. The lowest BCUT2D eigenvalue weighted by Crippen LogP contribution is -2.15. The molecule has 16 heavy (non-hydrogen) atoms. The first-order valence-corrected chi connectivity index (χ1v) is 5.11.